The molecule has 1 atom stereocenters. The Bertz CT molecular complexity index is 654. The molecule has 16 heavy (non-hydrogen) atoms. The molecule has 0 aliphatic heterocycles. The summed E-state index contributed by atoms with van der Waals surface area (Å²) in [6, 6.07) is 2.00. The lowest BCUT2D eigenvalue weighted by molar-refractivity contribution is 0.768. The minimum atomic E-state index is 0.902. The van der Waals surface area contributed by atoms with Gasteiger partial charge in [-0.2, -0.15) is 5.10 Å². The van der Waals surface area contributed by atoms with E-state index in [9.17, 15) is 0 Å². The van der Waals surface area contributed by atoms with Crippen LogP contribution >= 0.6 is 9.39 Å². The van der Waals surface area contributed by atoms with Crippen molar-refractivity contribution in [3.05, 3.63) is 31.0 Å². The molecule has 0 N–H and O–H groups in total. The Balaban J connectivity index is 2.31. The Hall–Kier alpha value is -1.74. The topological polar surface area (TPSA) is 48.5 Å². The molecule has 0 radical (unpaired) electrons. The van der Waals surface area contributed by atoms with Crippen LogP contribution in [-0.2, 0) is 7.05 Å². The summed E-state index contributed by atoms with van der Waals surface area (Å²) in [6.07, 6.45) is 7.28. The van der Waals surface area contributed by atoms with E-state index in [2.05, 4.69) is 24.5 Å². The largest absolute Gasteiger partial charge is 0.317 e. The summed E-state index contributed by atoms with van der Waals surface area (Å²) in [5.74, 6) is 0. The molecule has 6 heteroatoms. The molecule has 80 valence electrons. The maximum atomic E-state index is 4.32. The summed E-state index contributed by atoms with van der Waals surface area (Å²) >= 11 is 0. The van der Waals surface area contributed by atoms with Crippen molar-refractivity contribution in [2.24, 2.45) is 7.05 Å². The number of aromatic nitrogens is 5. The van der Waals surface area contributed by atoms with Crippen LogP contribution in [0.1, 0.15) is 0 Å². The summed E-state index contributed by atoms with van der Waals surface area (Å²) in [7, 11) is 4.49. The maximum Gasteiger partial charge on any atom is 0.146 e. The maximum absolute atomic E-state index is 4.32. The molecular formula is C10H10N5P. The molecule has 0 aliphatic carbocycles. The molecule has 0 amide bonds. The van der Waals surface area contributed by atoms with Gasteiger partial charge in [-0.1, -0.05) is 0 Å². The zero-order valence-electron chi connectivity index (χ0n) is 8.70. The van der Waals surface area contributed by atoms with Crippen LogP contribution in [0.2, 0.25) is 0 Å². The molecule has 0 saturated carbocycles. The van der Waals surface area contributed by atoms with Gasteiger partial charge in [-0.25, -0.2) is 9.97 Å². The number of rotatable bonds is 1. The van der Waals surface area contributed by atoms with Crippen LogP contribution in [0.5, 0.6) is 0 Å². The second-order valence-electron chi connectivity index (χ2n) is 3.59. The highest BCUT2D eigenvalue weighted by atomic mass is 31.0. The van der Waals surface area contributed by atoms with Crippen LogP contribution in [-0.4, -0.2) is 24.1 Å². The third-order valence-electron chi connectivity index (χ3n) is 2.49. The van der Waals surface area contributed by atoms with Crippen molar-refractivity contribution in [2.45, 2.75) is 0 Å². The first-order valence-corrected chi connectivity index (χ1v) is 5.33. The van der Waals surface area contributed by atoms with Crippen molar-refractivity contribution in [2.75, 3.05) is 0 Å². The number of hydrogen-bond donors (Lipinski definition) is 0. The van der Waals surface area contributed by atoms with Crippen molar-refractivity contribution in [3.8, 4) is 11.3 Å². The molecule has 0 bridgehead atoms. The van der Waals surface area contributed by atoms with E-state index < -0.39 is 0 Å². The number of nitrogens with zero attached hydrogens (tertiary/aromatic N) is 5. The van der Waals surface area contributed by atoms with E-state index in [1.54, 1.807) is 11.0 Å². The number of hydrogen-bond acceptors (Lipinski definition) is 3. The van der Waals surface area contributed by atoms with Crippen molar-refractivity contribution in [1.29, 1.82) is 0 Å². The molecule has 3 heterocycles. The lowest BCUT2D eigenvalue weighted by atomic mass is 10.2. The fraction of sp³-hybridized carbons (Fsp3) is 0.100. The summed E-state index contributed by atoms with van der Waals surface area (Å²) in [5, 5.41) is 5.18. The highest BCUT2D eigenvalue weighted by Gasteiger charge is 2.09. The van der Waals surface area contributed by atoms with Gasteiger partial charge in [0, 0.05) is 30.4 Å². The summed E-state index contributed by atoms with van der Waals surface area (Å²) in [6.45, 7) is 0. The summed E-state index contributed by atoms with van der Waals surface area (Å²) in [5.41, 5.74) is 2.82. The van der Waals surface area contributed by atoms with Gasteiger partial charge >= 0.3 is 0 Å². The second kappa shape index (κ2) is 3.39. The monoisotopic (exact) mass is 231 g/mol. The molecule has 0 aromatic carbocycles. The van der Waals surface area contributed by atoms with Crippen LogP contribution in [0.15, 0.2) is 31.0 Å². The van der Waals surface area contributed by atoms with Crippen LogP contribution in [0, 0.1) is 0 Å². The van der Waals surface area contributed by atoms with Crippen LogP contribution in [0.3, 0.4) is 0 Å². The molecule has 0 aliphatic rings. The average molecular weight is 231 g/mol. The first-order valence-electron chi connectivity index (χ1n) is 4.82. The van der Waals surface area contributed by atoms with E-state index in [1.165, 1.54) is 0 Å². The van der Waals surface area contributed by atoms with E-state index in [0.29, 0.717) is 0 Å². The SMILES string of the molecule is Cn1cc(-c2ncnc3c2ccn3P)cn1. The first-order chi connectivity index (χ1) is 7.75. The normalized spacial score (nSPS) is 11.1. The molecular weight excluding hydrogens is 221 g/mol. The van der Waals surface area contributed by atoms with Crippen molar-refractivity contribution in [3.63, 3.8) is 0 Å². The lowest BCUT2D eigenvalue weighted by Crippen LogP contribution is -1.88. The Morgan fingerprint density at radius 2 is 2.19 bits per heavy atom. The van der Waals surface area contributed by atoms with E-state index >= 15 is 0 Å². The van der Waals surface area contributed by atoms with Crippen LogP contribution < -0.4 is 0 Å². The predicted octanol–water partition coefficient (Wildman–Crippen LogP) is 1.47. The molecule has 3 aromatic rings. The quantitative estimate of drug-likeness (QED) is 0.596. The van der Waals surface area contributed by atoms with E-state index in [1.807, 2.05) is 36.0 Å². The minimum absolute atomic E-state index is 0.902. The molecule has 5 nitrogen and oxygen atoms in total. The van der Waals surface area contributed by atoms with Gasteiger partial charge in [-0.15, -0.1) is 0 Å². The minimum Gasteiger partial charge on any atom is -0.317 e. The van der Waals surface area contributed by atoms with Crippen LogP contribution in [0.25, 0.3) is 22.3 Å². The van der Waals surface area contributed by atoms with Gasteiger partial charge in [0.1, 0.15) is 12.0 Å². The molecule has 0 spiro atoms. The molecule has 3 rings (SSSR count). The zero-order chi connectivity index (χ0) is 11.1. The molecule has 0 fully saturated rings. The molecule has 3 aromatic heterocycles. The third-order valence-corrected chi connectivity index (χ3v) is 2.90. The summed E-state index contributed by atoms with van der Waals surface area (Å²) in [4.78, 5) is 8.55. The fourth-order valence-electron chi connectivity index (χ4n) is 1.74. The van der Waals surface area contributed by atoms with E-state index in [-0.39, 0.29) is 0 Å². The molecule has 0 saturated heterocycles. The third kappa shape index (κ3) is 1.32. The predicted molar refractivity (Wildman–Crippen MR) is 64.8 cm³/mol. The first kappa shape index (κ1) is 9.48. The highest BCUT2D eigenvalue weighted by molar-refractivity contribution is 7.14. The van der Waals surface area contributed by atoms with Crippen molar-refractivity contribution >= 4 is 20.4 Å². The van der Waals surface area contributed by atoms with E-state index in [4.69, 9.17) is 0 Å². The van der Waals surface area contributed by atoms with Crippen molar-refractivity contribution < 1.29 is 0 Å². The molecule has 1 unspecified atom stereocenters. The zero-order valence-corrected chi connectivity index (χ0v) is 9.85. The Labute approximate surface area is 94.4 Å². The average Bonchev–Trinajstić information content (AvgIpc) is 2.86. The Kier molecular flexibility index (Phi) is 2.01. The number of fused-ring (bicyclic) bond motifs is 1. The Morgan fingerprint density at radius 3 is 2.94 bits per heavy atom. The standard InChI is InChI=1S/C10H10N5P/c1-14-5-7(4-13-14)9-8-2-3-15(16)10(8)12-6-11-9/h2-6H,16H2,1H3. The van der Waals surface area contributed by atoms with Gasteiger partial charge in [0.25, 0.3) is 0 Å². The van der Waals surface area contributed by atoms with Gasteiger partial charge in [-0.05, 0) is 15.5 Å². The number of aryl methyl sites for hydroxylation is 1. The second-order valence-corrected chi connectivity index (χ2v) is 4.14. The van der Waals surface area contributed by atoms with Crippen LogP contribution in [0.4, 0.5) is 0 Å². The summed E-state index contributed by atoms with van der Waals surface area (Å²) < 4.78 is 3.66. The van der Waals surface area contributed by atoms with Gasteiger partial charge in [-0.3, -0.25) is 4.68 Å². The van der Waals surface area contributed by atoms with Crippen molar-refractivity contribution in [1.82, 2.24) is 24.1 Å². The van der Waals surface area contributed by atoms with Gasteiger partial charge in [0.05, 0.1) is 11.9 Å². The highest BCUT2D eigenvalue weighted by Crippen LogP contribution is 2.26. The fourth-order valence-corrected chi connectivity index (χ4v) is 2.04. The van der Waals surface area contributed by atoms with Gasteiger partial charge in [0.2, 0.25) is 0 Å². The van der Waals surface area contributed by atoms with Gasteiger partial charge < -0.3 is 4.34 Å². The smallest absolute Gasteiger partial charge is 0.146 e. The Morgan fingerprint density at radius 1 is 1.31 bits per heavy atom. The van der Waals surface area contributed by atoms with Gasteiger partial charge in [0.15, 0.2) is 0 Å². The van der Waals surface area contributed by atoms with E-state index in [0.717, 1.165) is 22.3 Å². The lowest BCUT2D eigenvalue weighted by Gasteiger charge is -1.99.